The van der Waals surface area contributed by atoms with Gasteiger partial charge in [0.05, 0.1) is 5.57 Å². The first kappa shape index (κ1) is 15.0. The van der Waals surface area contributed by atoms with Gasteiger partial charge in [-0.15, -0.1) is 0 Å². The van der Waals surface area contributed by atoms with Crippen LogP contribution in [0, 0.1) is 5.41 Å². The largest absolute Gasteiger partial charge is 0.373 e. The highest BCUT2D eigenvalue weighted by molar-refractivity contribution is 6.22. The predicted molar refractivity (Wildman–Crippen MR) is 80.3 cm³/mol. The summed E-state index contributed by atoms with van der Waals surface area (Å²) in [5, 5.41) is 0. The Labute approximate surface area is 121 Å². The maximum atomic E-state index is 12.1. The SMILES string of the molecule is CN1/C(=C/C=C2C(=O)CC(C)(C)CC2=O)CCC1(C)C. The van der Waals surface area contributed by atoms with Crippen molar-refractivity contribution in [1.82, 2.24) is 4.90 Å². The van der Waals surface area contributed by atoms with Crippen molar-refractivity contribution in [1.29, 1.82) is 0 Å². The molecule has 0 N–H and O–H groups in total. The summed E-state index contributed by atoms with van der Waals surface area (Å²) in [7, 11) is 2.07. The lowest BCUT2D eigenvalue weighted by molar-refractivity contribution is -0.127. The van der Waals surface area contributed by atoms with E-state index in [1.165, 1.54) is 5.70 Å². The molecular weight excluding hydrogens is 250 g/mol. The summed E-state index contributed by atoms with van der Waals surface area (Å²) in [4.78, 5) is 26.4. The average Bonchev–Trinajstić information content (AvgIpc) is 2.53. The molecule has 3 heteroatoms. The molecule has 0 amide bonds. The molecule has 0 spiro atoms. The van der Waals surface area contributed by atoms with E-state index >= 15 is 0 Å². The molecule has 0 aromatic heterocycles. The van der Waals surface area contributed by atoms with Crippen molar-refractivity contribution in [2.75, 3.05) is 7.05 Å². The van der Waals surface area contributed by atoms with E-state index in [1.807, 2.05) is 19.9 Å². The van der Waals surface area contributed by atoms with Crippen LogP contribution in [0.15, 0.2) is 23.4 Å². The molecule has 1 aliphatic carbocycles. The van der Waals surface area contributed by atoms with Crippen molar-refractivity contribution in [2.45, 2.75) is 58.9 Å². The zero-order valence-electron chi connectivity index (χ0n) is 13.2. The normalized spacial score (nSPS) is 27.4. The fourth-order valence-electron chi connectivity index (χ4n) is 3.00. The Kier molecular flexibility index (Phi) is 3.66. The second-order valence-corrected chi connectivity index (χ2v) is 7.47. The molecule has 0 radical (unpaired) electrons. The van der Waals surface area contributed by atoms with Crippen molar-refractivity contribution in [3.8, 4) is 0 Å². The molecule has 1 saturated heterocycles. The zero-order valence-corrected chi connectivity index (χ0v) is 13.2. The standard InChI is InChI=1S/C17H25NO2/c1-16(2)10-14(19)13(15(20)11-16)7-6-12-8-9-17(3,4)18(12)5/h6-7H,8-11H2,1-5H3/b12-6+. The third kappa shape index (κ3) is 2.87. The minimum Gasteiger partial charge on any atom is -0.373 e. The number of hydrogen-bond donors (Lipinski definition) is 0. The highest BCUT2D eigenvalue weighted by Gasteiger charge is 2.35. The summed E-state index contributed by atoms with van der Waals surface area (Å²) < 4.78 is 0. The predicted octanol–water partition coefficient (Wildman–Crippen LogP) is 3.26. The molecule has 0 atom stereocenters. The Bertz CT molecular complexity index is 487. The molecule has 1 aliphatic heterocycles. The summed E-state index contributed by atoms with van der Waals surface area (Å²) in [6.07, 6.45) is 6.74. The second-order valence-electron chi connectivity index (χ2n) is 7.47. The van der Waals surface area contributed by atoms with Gasteiger partial charge in [-0.1, -0.05) is 13.8 Å². The molecule has 0 unspecified atom stereocenters. The van der Waals surface area contributed by atoms with Crippen LogP contribution in [0.4, 0.5) is 0 Å². The Morgan fingerprint density at radius 3 is 2.00 bits per heavy atom. The second kappa shape index (κ2) is 4.87. The Balaban J connectivity index is 2.20. The van der Waals surface area contributed by atoms with Gasteiger partial charge in [-0.2, -0.15) is 0 Å². The van der Waals surface area contributed by atoms with Gasteiger partial charge in [-0.3, -0.25) is 9.59 Å². The number of allylic oxidation sites excluding steroid dienone is 4. The van der Waals surface area contributed by atoms with Gasteiger partial charge in [0.2, 0.25) is 0 Å². The molecule has 1 saturated carbocycles. The quantitative estimate of drug-likeness (QED) is 0.544. The summed E-state index contributed by atoms with van der Waals surface area (Å²) in [5.41, 5.74) is 1.56. The lowest BCUT2D eigenvalue weighted by Gasteiger charge is -2.30. The molecule has 2 aliphatic rings. The Morgan fingerprint density at radius 1 is 1.00 bits per heavy atom. The molecule has 0 bridgehead atoms. The first-order chi connectivity index (χ1) is 9.12. The zero-order chi connectivity index (χ0) is 15.1. The molecule has 2 fully saturated rings. The van der Waals surface area contributed by atoms with E-state index < -0.39 is 0 Å². The van der Waals surface area contributed by atoms with Gasteiger partial charge in [0, 0.05) is 31.1 Å². The highest BCUT2D eigenvalue weighted by Crippen LogP contribution is 2.36. The van der Waals surface area contributed by atoms with E-state index in [1.54, 1.807) is 6.08 Å². The number of Topliss-reactive ketones (excluding diaryl/α,β-unsaturated/α-hetero) is 2. The number of hydrogen-bond acceptors (Lipinski definition) is 3. The van der Waals surface area contributed by atoms with Crippen LogP contribution in [0.1, 0.15) is 53.4 Å². The maximum Gasteiger partial charge on any atom is 0.166 e. The molecule has 0 aromatic rings. The monoisotopic (exact) mass is 275 g/mol. The lowest BCUT2D eigenvalue weighted by Crippen LogP contribution is -2.33. The molecule has 0 aromatic carbocycles. The summed E-state index contributed by atoms with van der Waals surface area (Å²) in [6, 6.07) is 0. The van der Waals surface area contributed by atoms with Gasteiger partial charge >= 0.3 is 0 Å². The lowest BCUT2D eigenvalue weighted by atomic mass is 9.74. The number of rotatable bonds is 1. The fraction of sp³-hybridized carbons (Fsp3) is 0.647. The van der Waals surface area contributed by atoms with E-state index in [0.717, 1.165) is 12.8 Å². The smallest absolute Gasteiger partial charge is 0.166 e. The first-order valence-corrected chi connectivity index (χ1v) is 7.33. The van der Waals surface area contributed by atoms with Crippen LogP contribution in [0.5, 0.6) is 0 Å². The molecule has 20 heavy (non-hydrogen) atoms. The van der Waals surface area contributed by atoms with E-state index in [9.17, 15) is 9.59 Å². The van der Waals surface area contributed by atoms with Crippen LogP contribution in [0.25, 0.3) is 0 Å². The van der Waals surface area contributed by atoms with Crippen molar-refractivity contribution in [3.05, 3.63) is 23.4 Å². The van der Waals surface area contributed by atoms with Gasteiger partial charge in [-0.05, 0) is 44.3 Å². The summed E-state index contributed by atoms with van der Waals surface area (Å²) >= 11 is 0. The first-order valence-electron chi connectivity index (χ1n) is 7.33. The molecular formula is C17H25NO2. The van der Waals surface area contributed by atoms with E-state index in [0.29, 0.717) is 18.4 Å². The topological polar surface area (TPSA) is 37.4 Å². The number of likely N-dealkylation sites (tertiary alicyclic amines) is 1. The van der Waals surface area contributed by atoms with Crippen LogP contribution in [-0.2, 0) is 9.59 Å². The Morgan fingerprint density at radius 2 is 1.55 bits per heavy atom. The number of nitrogens with zero attached hydrogens (tertiary/aromatic N) is 1. The van der Waals surface area contributed by atoms with Crippen LogP contribution in [-0.4, -0.2) is 29.1 Å². The van der Waals surface area contributed by atoms with Crippen molar-refractivity contribution in [2.24, 2.45) is 5.41 Å². The summed E-state index contributed by atoms with van der Waals surface area (Å²) in [6.45, 7) is 8.37. The number of carbonyl (C=O) groups excluding carboxylic acids is 2. The van der Waals surface area contributed by atoms with Crippen LogP contribution in [0.2, 0.25) is 0 Å². The van der Waals surface area contributed by atoms with Gasteiger partial charge in [0.25, 0.3) is 0 Å². The fourth-order valence-corrected chi connectivity index (χ4v) is 3.00. The van der Waals surface area contributed by atoms with E-state index in [2.05, 4.69) is 25.8 Å². The third-order valence-corrected chi connectivity index (χ3v) is 4.65. The van der Waals surface area contributed by atoms with Gasteiger partial charge in [0.15, 0.2) is 11.6 Å². The molecule has 1 heterocycles. The number of carbonyl (C=O) groups is 2. The van der Waals surface area contributed by atoms with Crippen LogP contribution >= 0.6 is 0 Å². The van der Waals surface area contributed by atoms with Crippen molar-refractivity contribution >= 4 is 11.6 Å². The van der Waals surface area contributed by atoms with Gasteiger partial charge in [0.1, 0.15) is 0 Å². The molecule has 110 valence electrons. The summed E-state index contributed by atoms with van der Waals surface area (Å²) in [5.74, 6) is -0.0222. The third-order valence-electron chi connectivity index (χ3n) is 4.65. The molecule has 3 nitrogen and oxygen atoms in total. The average molecular weight is 275 g/mol. The molecule has 2 rings (SSSR count). The van der Waals surface area contributed by atoms with Crippen molar-refractivity contribution < 1.29 is 9.59 Å². The minimum absolute atomic E-state index is 0.0111. The van der Waals surface area contributed by atoms with E-state index in [-0.39, 0.29) is 22.5 Å². The number of ketones is 2. The minimum atomic E-state index is -0.190. The van der Waals surface area contributed by atoms with Crippen LogP contribution in [0.3, 0.4) is 0 Å². The van der Waals surface area contributed by atoms with Gasteiger partial charge in [-0.25, -0.2) is 0 Å². The van der Waals surface area contributed by atoms with Crippen LogP contribution < -0.4 is 0 Å². The van der Waals surface area contributed by atoms with E-state index in [4.69, 9.17) is 0 Å². The van der Waals surface area contributed by atoms with Crippen molar-refractivity contribution in [3.63, 3.8) is 0 Å². The Hall–Kier alpha value is -1.38. The maximum absolute atomic E-state index is 12.1. The highest BCUT2D eigenvalue weighted by atomic mass is 16.1. The van der Waals surface area contributed by atoms with Gasteiger partial charge < -0.3 is 4.90 Å².